The lowest BCUT2D eigenvalue weighted by Gasteiger charge is -2.42. The van der Waals surface area contributed by atoms with E-state index in [-0.39, 0.29) is 34.2 Å². The minimum absolute atomic E-state index is 0.0496. The number of carboxylic acid groups (broad SMARTS) is 1. The zero-order valence-corrected chi connectivity index (χ0v) is 42.8. The average molecular weight is 966 g/mol. The van der Waals surface area contributed by atoms with Gasteiger partial charge in [-0.3, -0.25) is 14.4 Å². The molecule has 2 amide bonds. The standard InChI is InChI=1S/C45H50N6O3S.C9H13N.C2H6.CH2O2/c1-6-29(3)46-32-16-22-37(23-17-32)51(36-20-8-30(7-2)9-21-36)38-24-18-34(19-25-38)47-33-12-14-35(15-13-33)48-40(31-10-26-39(52)27-11-31)42(53)49-41-43(54)50-28-45(4,5)55-44(41)50;1-7(2)8-3-5-9(10)6-4-8;1-2;2-1-3/h8-27,29,40-41,44,46-48,52H,6-7,28H2,1-5H3,(H,49,53);3-7H,10H2,1-2H3;1-2H3;1H,(H,2,3). The van der Waals surface area contributed by atoms with Gasteiger partial charge in [-0.15, -0.1) is 11.8 Å². The summed E-state index contributed by atoms with van der Waals surface area (Å²) in [5, 5.41) is 30.2. The number of carbonyl (C=O) groups excluding carboxylic acids is 2. The molecule has 0 spiro atoms. The lowest BCUT2D eigenvalue weighted by atomic mass is 10.0. The summed E-state index contributed by atoms with van der Waals surface area (Å²) in [6.07, 6.45) is 2.05. The molecule has 0 radical (unpaired) electrons. The second-order valence-electron chi connectivity index (χ2n) is 17.9. The molecule has 0 bridgehead atoms. The van der Waals surface area contributed by atoms with E-state index in [0.717, 1.165) is 58.3 Å². The third-order valence-electron chi connectivity index (χ3n) is 11.9. The van der Waals surface area contributed by atoms with Crippen LogP contribution in [0.1, 0.15) is 97.4 Å². The molecule has 8 rings (SSSR count). The van der Waals surface area contributed by atoms with Gasteiger partial charge in [0.1, 0.15) is 23.2 Å². The number of hydrogen-bond donors (Lipinski definition) is 7. The zero-order chi connectivity index (χ0) is 51.0. The molecule has 13 heteroatoms. The van der Waals surface area contributed by atoms with Crippen molar-refractivity contribution in [1.29, 1.82) is 0 Å². The highest BCUT2D eigenvalue weighted by molar-refractivity contribution is 8.01. The molecular weight excluding hydrogens is 895 g/mol. The normalized spacial score (nSPS) is 15.9. The highest BCUT2D eigenvalue weighted by Gasteiger charge is 2.56. The predicted octanol–water partition coefficient (Wildman–Crippen LogP) is 12.8. The van der Waals surface area contributed by atoms with Gasteiger partial charge in [-0.1, -0.05) is 77.9 Å². The number of thioether (sulfide) groups is 1. The van der Waals surface area contributed by atoms with Crippen molar-refractivity contribution >= 4 is 75.5 Å². The van der Waals surface area contributed by atoms with Gasteiger partial charge < -0.3 is 47.0 Å². The van der Waals surface area contributed by atoms with E-state index < -0.39 is 12.1 Å². The van der Waals surface area contributed by atoms with Crippen LogP contribution in [0, 0.1) is 0 Å². The number of rotatable bonds is 15. The van der Waals surface area contributed by atoms with Gasteiger partial charge in [0.05, 0.1) is 0 Å². The number of aromatic hydroxyl groups is 1. The summed E-state index contributed by atoms with van der Waals surface area (Å²) in [5.74, 6) is 0.361. The Balaban J connectivity index is 0.000000528. The topological polar surface area (TPSA) is 172 Å². The maximum absolute atomic E-state index is 13.8. The molecule has 0 aromatic heterocycles. The van der Waals surface area contributed by atoms with Crippen LogP contribution in [0.5, 0.6) is 5.75 Å². The molecule has 8 N–H and O–H groups in total. The Kier molecular flexibility index (Phi) is 19.6. The molecular formula is C57H71N7O5S. The summed E-state index contributed by atoms with van der Waals surface area (Å²) < 4.78 is -0.0504. The number of nitrogen functional groups attached to an aromatic ring is 1. The van der Waals surface area contributed by atoms with Crippen molar-refractivity contribution in [2.45, 2.75) is 109 Å². The van der Waals surface area contributed by atoms with Gasteiger partial charge >= 0.3 is 0 Å². The number of carbonyl (C=O) groups is 3. The van der Waals surface area contributed by atoms with Crippen LogP contribution < -0.4 is 31.9 Å². The average Bonchev–Trinajstić information content (AvgIpc) is 3.66. The third kappa shape index (κ3) is 14.5. The van der Waals surface area contributed by atoms with Crippen molar-refractivity contribution in [3.63, 3.8) is 0 Å². The number of benzene rings is 6. The molecule has 2 heterocycles. The van der Waals surface area contributed by atoms with E-state index in [0.29, 0.717) is 24.1 Å². The second kappa shape index (κ2) is 25.5. The van der Waals surface area contributed by atoms with E-state index in [1.54, 1.807) is 36.0 Å². The van der Waals surface area contributed by atoms with E-state index in [1.165, 1.54) is 11.1 Å². The van der Waals surface area contributed by atoms with Crippen LogP contribution in [0.2, 0.25) is 0 Å². The largest absolute Gasteiger partial charge is 0.508 e. The smallest absolute Gasteiger partial charge is 0.290 e. The maximum Gasteiger partial charge on any atom is 0.290 e. The summed E-state index contributed by atoms with van der Waals surface area (Å²) in [4.78, 5) is 39.1. The van der Waals surface area contributed by atoms with Crippen LogP contribution in [0.25, 0.3) is 0 Å². The van der Waals surface area contributed by atoms with Crippen molar-refractivity contribution in [2.24, 2.45) is 0 Å². The Morgan fingerprint density at radius 1 is 0.743 bits per heavy atom. The van der Waals surface area contributed by atoms with Gasteiger partial charge in [-0.25, -0.2) is 0 Å². The predicted molar refractivity (Wildman–Crippen MR) is 292 cm³/mol. The van der Waals surface area contributed by atoms with Gasteiger partial charge in [-0.2, -0.15) is 0 Å². The molecule has 2 aliphatic heterocycles. The molecule has 2 fully saturated rings. The molecule has 6 aromatic rings. The first-order chi connectivity index (χ1) is 33.6. The van der Waals surface area contributed by atoms with Crippen LogP contribution in [0.3, 0.4) is 0 Å². The lowest BCUT2D eigenvalue weighted by Crippen LogP contribution is -2.67. The van der Waals surface area contributed by atoms with Gasteiger partial charge in [0.2, 0.25) is 11.8 Å². The molecule has 4 unspecified atom stereocenters. The van der Waals surface area contributed by atoms with Gasteiger partial charge in [-0.05, 0) is 165 Å². The zero-order valence-electron chi connectivity index (χ0n) is 41.9. The summed E-state index contributed by atoms with van der Waals surface area (Å²) in [5.41, 5.74) is 16.6. The summed E-state index contributed by atoms with van der Waals surface area (Å²) in [6, 6.07) is 47.1. The maximum atomic E-state index is 13.8. The Bertz CT molecular complexity index is 2560. The fourth-order valence-electron chi connectivity index (χ4n) is 7.91. The van der Waals surface area contributed by atoms with Gasteiger partial charge in [0.15, 0.2) is 0 Å². The minimum atomic E-state index is -0.776. The van der Waals surface area contributed by atoms with E-state index in [4.69, 9.17) is 15.6 Å². The Labute approximate surface area is 419 Å². The molecule has 6 aromatic carbocycles. The number of β-lactam (4-membered cyclic amide) rings is 1. The SMILES string of the molecule is CC.CC(C)c1ccc(N)cc1.CCc1ccc(N(c2ccc(Nc3ccc(NC(C(=O)NC4C(=O)N5CC(C)(C)SC45)c4ccc(O)cc4)cc3)cc2)c2ccc(NC(C)CC)cc2)cc1.O=CO. The molecule has 12 nitrogen and oxygen atoms in total. The minimum Gasteiger partial charge on any atom is -0.508 e. The van der Waals surface area contributed by atoms with Crippen molar-refractivity contribution in [3.05, 3.63) is 162 Å². The molecule has 370 valence electrons. The first kappa shape index (κ1) is 53.8. The number of aryl methyl sites for hydroxylation is 1. The molecule has 4 atom stereocenters. The first-order valence-electron chi connectivity index (χ1n) is 24.1. The number of nitrogens with two attached hydrogens (primary N) is 1. The highest BCUT2D eigenvalue weighted by atomic mass is 32.2. The number of phenolic OH excluding ortho intramolecular Hbond substituents is 1. The summed E-state index contributed by atoms with van der Waals surface area (Å²) >= 11 is 1.72. The van der Waals surface area contributed by atoms with Crippen LogP contribution in [-0.2, 0) is 20.8 Å². The van der Waals surface area contributed by atoms with Gasteiger partial charge in [0, 0.05) is 62.8 Å². The van der Waals surface area contributed by atoms with Crippen molar-refractivity contribution < 1.29 is 24.6 Å². The van der Waals surface area contributed by atoms with Crippen LogP contribution >= 0.6 is 11.8 Å². The molecule has 0 saturated carbocycles. The number of phenols is 1. The summed E-state index contributed by atoms with van der Waals surface area (Å²) in [6.45, 7) is 19.5. The van der Waals surface area contributed by atoms with Crippen molar-refractivity contribution in [2.75, 3.05) is 33.1 Å². The molecule has 2 aliphatic rings. The fourth-order valence-corrected chi connectivity index (χ4v) is 9.41. The van der Waals surface area contributed by atoms with Crippen LogP contribution in [-0.4, -0.2) is 62.1 Å². The third-order valence-corrected chi connectivity index (χ3v) is 13.4. The van der Waals surface area contributed by atoms with E-state index >= 15 is 0 Å². The van der Waals surface area contributed by atoms with E-state index in [9.17, 15) is 14.7 Å². The Hall–Kier alpha value is -7.12. The number of hydrogen-bond acceptors (Lipinski definition) is 10. The fraction of sp³-hybridized carbons (Fsp3) is 0.316. The van der Waals surface area contributed by atoms with Crippen molar-refractivity contribution in [1.82, 2.24) is 10.2 Å². The van der Waals surface area contributed by atoms with Gasteiger partial charge in [0.25, 0.3) is 6.47 Å². The Morgan fingerprint density at radius 2 is 1.20 bits per heavy atom. The number of nitrogens with one attached hydrogen (secondary N) is 4. The van der Waals surface area contributed by atoms with Crippen LogP contribution in [0.15, 0.2) is 146 Å². The second-order valence-corrected chi connectivity index (χ2v) is 19.7. The summed E-state index contributed by atoms with van der Waals surface area (Å²) in [7, 11) is 0. The lowest BCUT2D eigenvalue weighted by molar-refractivity contribution is -0.148. The van der Waals surface area contributed by atoms with Crippen molar-refractivity contribution in [3.8, 4) is 5.75 Å². The molecule has 70 heavy (non-hydrogen) atoms. The van der Waals surface area contributed by atoms with E-state index in [2.05, 4.69) is 160 Å². The monoisotopic (exact) mass is 966 g/mol. The number of nitrogens with zero attached hydrogens (tertiary/aromatic N) is 2. The quantitative estimate of drug-likeness (QED) is 0.0297. The number of fused-ring (bicyclic) bond motifs is 1. The molecule has 0 aliphatic carbocycles. The number of anilines is 8. The molecule has 2 saturated heterocycles. The first-order valence-corrected chi connectivity index (χ1v) is 25.0. The van der Waals surface area contributed by atoms with E-state index in [1.807, 2.05) is 55.1 Å². The highest BCUT2D eigenvalue weighted by Crippen LogP contribution is 2.46. The number of amides is 2. The van der Waals surface area contributed by atoms with Crippen LogP contribution in [0.4, 0.5) is 45.5 Å². The Morgan fingerprint density at radius 3 is 1.70 bits per heavy atom.